The quantitative estimate of drug-likeness (QED) is 0.553. The van der Waals surface area contributed by atoms with E-state index in [1.54, 1.807) is 0 Å². The number of carbonyl (C=O) groups is 1. The zero-order chi connectivity index (χ0) is 7.84. The molecule has 1 N–H and O–H groups in total. The Morgan fingerprint density at radius 2 is 2.45 bits per heavy atom. The maximum absolute atomic E-state index is 10.9. The summed E-state index contributed by atoms with van der Waals surface area (Å²) in [5.41, 5.74) is 2.24. The highest BCUT2D eigenvalue weighted by atomic mass is 16.1. The summed E-state index contributed by atoms with van der Waals surface area (Å²) in [6, 6.07) is 0. The molecule has 2 rings (SSSR count). The Morgan fingerprint density at radius 3 is 3.27 bits per heavy atom. The smallest absolute Gasteiger partial charge is 0.228 e. The molecule has 0 aromatic carbocycles. The van der Waals surface area contributed by atoms with E-state index in [0.29, 0.717) is 12.3 Å². The second kappa shape index (κ2) is 2.22. The highest BCUT2D eigenvalue weighted by Gasteiger charge is 2.22. The van der Waals surface area contributed by atoms with Crippen molar-refractivity contribution < 1.29 is 4.79 Å². The summed E-state index contributed by atoms with van der Waals surface area (Å²) in [5, 5.41) is 2.84. The predicted octanol–water partition coefficient (Wildman–Crippen LogP) is 1.36. The lowest BCUT2D eigenvalue weighted by Crippen LogP contribution is -2.13. The van der Waals surface area contributed by atoms with Crippen LogP contribution in [0.3, 0.4) is 0 Å². The van der Waals surface area contributed by atoms with Crippen LogP contribution in [0.15, 0.2) is 23.4 Å². The van der Waals surface area contributed by atoms with Gasteiger partial charge in [-0.2, -0.15) is 0 Å². The Bertz CT molecular complexity index is 263. The summed E-state index contributed by atoms with van der Waals surface area (Å²) < 4.78 is 0. The van der Waals surface area contributed by atoms with E-state index >= 15 is 0 Å². The number of carbonyl (C=O) groups excluding carboxylic acids is 1. The molecule has 0 bridgehead atoms. The van der Waals surface area contributed by atoms with Gasteiger partial charge in [-0.15, -0.1) is 0 Å². The molecule has 1 aliphatic heterocycles. The first-order valence-electron chi connectivity index (χ1n) is 3.97. The molecule has 1 amide bonds. The fourth-order valence-electron chi connectivity index (χ4n) is 1.55. The molecule has 1 heterocycles. The van der Waals surface area contributed by atoms with Crippen molar-refractivity contribution >= 4 is 5.91 Å². The van der Waals surface area contributed by atoms with Crippen LogP contribution >= 0.6 is 0 Å². The molecule has 2 aliphatic rings. The van der Waals surface area contributed by atoms with Crippen molar-refractivity contribution in [3.8, 4) is 0 Å². The standard InChI is InChI=1S/C9H11NO/c1-6-2-3-7-5-9(11)10-8(7)4-6/h3-4,6H,2,5H2,1H3,(H,10,11). The van der Waals surface area contributed by atoms with Crippen LogP contribution in [0.25, 0.3) is 0 Å². The molecule has 1 saturated heterocycles. The summed E-state index contributed by atoms with van der Waals surface area (Å²) >= 11 is 0. The number of allylic oxidation sites excluding steroid dienone is 3. The molecule has 1 aliphatic carbocycles. The van der Waals surface area contributed by atoms with Gasteiger partial charge >= 0.3 is 0 Å². The zero-order valence-electron chi connectivity index (χ0n) is 6.55. The van der Waals surface area contributed by atoms with Gasteiger partial charge in [0.05, 0.1) is 6.42 Å². The molecule has 58 valence electrons. The average Bonchev–Trinajstić information content (AvgIpc) is 2.27. The van der Waals surface area contributed by atoms with Crippen LogP contribution in [0.5, 0.6) is 0 Å². The number of fused-ring (bicyclic) bond motifs is 1. The minimum absolute atomic E-state index is 0.136. The maximum Gasteiger partial charge on any atom is 0.228 e. The van der Waals surface area contributed by atoms with Crippen LogP contribution in [0.2, 0.25) is 0 Å². The highest BCUT2D eigenvalue weighted by Crippen LogP contribution is 2.27. The molecule has 0 spiro atoms. The molecule has 1 unspecified atom stereocenters. The van der Waals surface area contributed by atoms with Gasteiger partial charge < -0.3 is 5.32 Å². The molecule has 0 radical (unpaired) electrons. The summed E-state index contributed by atoms with van der Waals surface area (Å²) in [5.74, 6) is 0.712. The molecular weight excluding hydrogens is 138 g/mol. The van der Waals surface area contributed by atoms with Crippen LogP contribution in [-0.2, 0) is 4.79 Å². The number of rotatable bonds is 0. The summed E-state index contributed by atoms with van der Waals surface area (Å²) in [6.07, 6.45) is 5.96. The van der Waals surface area contributed by atoms with E-state index in [1.807, 2.05) is 0 Å². The molecule has 0 aromatic heterocycles. The zero-order valence-corrected chi connectivity index (χ0v) is 6.55. The number of nitrogens with one attached hydrogen (secondary N) is 1. The van der Waals surface area contributed by atoms with Gasteiger partial charge in [0.15, 0.2) is 0 Å². The first kappa shape index (κ1) is 6.65. The number of hydrogen-bond acceptors (Lipinski definition) is 1. The molecule has 2 heteroatoms. The Balaban J connectivity index is 2.31. The molecular formula is C9H11NO. The Labute approximate surface area is 66.0 Å². The van der Waals surface area contributed by atoms with Crippen LogP contribution in [0.4, 0.5) is 0 Å². The minimum atomic E-state index is 0.136. The average molecular weight is 149 g/mol. The molecule has 1 fully saturated rings. The maximum atomic E-state index is 10.9. The first-order chi connectivity index (χ1) is 5.25. The second-order valence-corrected chi connectivity index (χ2v) is 3.25. The van der Waals surface area contributed by atoms with E-state index < -0.39 is 0 Å². The van der Waals surface area contributed by atoms with Crippen molar-refractivity contribution in [2.75, 3.05) is 0 Å². The van der Waals surface area contributed by atoms with Crippen molar-refractivity contribution in [3.05, 3.63) is 23.4 Å². The summed E-state index contributed by atoms with van der Waals surface area (Å²) in [4.78, 5) is 10.9. The third kappa shape index (κ3) is 1.09. The number of hydrogen-bond donors (Lipinski definition) is 1. The molecule has 0 aromatic rings. The number of amides is 1. The molecule has 11 heavy (non-hydrogen) atoms. The Hall–Kier alpha value is -1.05. The van der Waals surface area contributed by atoms with Crippen LogP contribution in [0.1, 0.15) is 19.8 Å². The van der Waals surface area contributed by atoms with Crippen molar-refractivity contribution in [1.82, 2.24) is 5.32 Å². The predicted molar refractivity (Wildman–Crippen MR) is 42.7 cm³/mol. The van der Waals surface area contributed by atoms with E-state index in [0.717, 1.165) is 12.1 Å². The lowest BCUT2D eigenvalue weighted by Gasteiger charge is -2.11. The van der Waals surface area contributed by atoms with Crippen LogP contribution in [-0.4, -0.2) is 5.91 Å². The monoisotopic (exact) mass is 149 g/mol. The Kier molecular flexibility index (Phi) is 1.34. The summed E-state index contributed by atoms with van der Waals surface area (Å²) in [7, 11) is 0. The highest BCUT2D eigenvalue weighted by molar-refractivity contribution is 5.87. The normalized spacial score (nSPS) is 28.8. The van der Waals surface area contributed by atoms with Gasteiger partial charge in [0.2, 0.25) is 5.91 Å². The van der Waals surface area contributed by atoms with Crippen molar-refractivity contribution in [2.45, 2.75) is 19.8 Å². The van der Waals surface area contributed by atoms with Gasteiger partial charge in [-0.3, -0.25) is 4.79 Å². The van der Waals surface area contributed by atoms with Crippen molar-refractivity contribution in [3.63, 3.8) is 0 Å². The van der Waals surface area contributed by atoms with Gasteiger partial charge in [-0.25, -0.2) is 0 Å². The van der Waals surface area contributed by atoms with E-state index in [4.69, 9.17) is 0 Å². The molecule has 1 atom stereocenters. The van der Waals surface area contributed by atoms with Gasteiger partial charge in [0.1, 0.15) is 0 Å². The summed E-state index contributed by atoms with van der Waals surface area (Å²) in [6.45, 7) is 2.16. The van der Waals surface area contributed by atoms with Crippen LogP contribution in [0, 0.1) is 5.92 Å². The third-order valence-corrected chi connectivity index (χ3v) is 2.16. The van der Waals surface area contributed by atoms with Crippen molar-refractivity contribution in [2.24, 2.45) is 5.92 Å². The van der Waals surface area contributed by atoms with E-state index in [1.165, 1.54) is 5.57 Å². The van der Waals surface area contributed by atoms with Gasteiger partial charge in [0.25, 0.3) is 0 Å². The van der Waals surface area contributed by atoms with Crippen LogP contribution < -0.4 is 5.32 Å². The van der Waals surface area contributed by atoms with Crippen molar-refractivity contribution in [1.29, 1.82) is 0 Å². The van der Waals surface area contributed by atoms with Gasteiger partial charge in [0, 0.05) is 5.70 Å². The first-order valence-corrected chi connectivity index (χ1v) is 3.97. The van der Waals surface area contributed by atoms with E-state index in [-0.39, 0.29) is 5.91 Å². The van der Waals surface area contributed by atoms with E-state index in [2.05, 4.69) is 24.4 Å². The molecule has 2 nitrogen and oxygen atoms in total. The fourth-order valence-corrected chi connectivity index (χ4v) is 1.55. The van der Waals surface area contributed by atoms with Gasteiger partial charge in [-0.1, -0.05) is 19.1 Å². The third-order valence-electron chi connectivity index (χ3n) is 2.16. The molecule has 0 saturated carbocycles. The minimum Gasteiger partial charge on any atom is -0.326 e. The lowest BCUT2D eigenvalue weighted by molar-refractivity contribution is -0.118. The fraction of sp³-hybridized carbons (Fsp3) is 0.444. The topological polar surface area (TPSA) is 29.1 Å². The second-order valence-electron chi connectivity index (χ2n) is 3.25. The lowest BCUT2D eigenvalue weighted by atomic mass is 9.96. The Morgan fingerprint density at radius 1 is 1.64 bits per heavy atom. The van der Waals surface area contributed by atoms with E-state index in [9.17, 15) is 4.79 Å². The van der Waals surface area contributed by atoms with Gasteiger partial charge in [-0.05, 0) is 17.9 Å². The largest absolute Gasteiger partial charge is 0.326 e. The SMILES string of the molecule is CC1C=C2NC(=O)CC2=CC1.